The highest BCUT2D eigenvalue weighted by molar-refractivity contribution is 5.37. The van der Waals surface area contributed by atoms with E-state index in [-0.39, 0.29) is 0 Å². The summed E-state index contributed by atoms with van der Waals surface area (Å²) >= 11 is 0. The average Bonchev–Trinajstić information content (AvgIpc) is 2.55. The largest absolute Gasteiger partial charge is 0.491 e. The number of aliphatic hydroxyl groups is 2. The van der Waals surface area contributed by atoms with Crippen molar-refractivity contribution in [2.24, 2.45) is 0 Å². The zero-order valence-corrected chi connectivity index (χ0v) is 12.0. The second-order valence-electron chi connectivity index (χ2n) is 4.68. The molecule has 0 heterocycles. The van der Waals surface area contributed by atoms with Crippen LogP contribution in [0.2, 0.25) is 0 Å². The van der Waals surface area contributed by atoms with E-state index >= 15 is 0 Å². The van der Waals surface area contributed by atoms with Gasteiger partial charge in [0.2, 0.25) is 0 Å². The first-order valence-electron chi connectivity index (χ1n) is 6.85. The molecular formula is C17H20O4. The third-order valence-electron chi connectivity index (χ3n) is 3.22. The molecule has 0 aliphatic heterocycles. The van der Waals surface area contributed by atoms with E-state index < -0.39 is 12.2 Å². The smallest absolute Gasteiger partial charge is 0.125 e. The molecule has 2 unspecified atom stereocenters. The highest BCUT2D eigenvalue weighted by Gasteiger charge is 2.23. The molecule has 0 saturated heterocycles. The van der Waals surface area contributed by atoms with Gasteiger partial charge < -0.3 is 19.7 Å². The Morgan fingerprint density at radius 1 is 0.857 bits per heavy atom. The first kappa shape index (κ1) is 15.5. The van der Waals surface area contributed by atoms with Crippen LogP contribution in [0.15, 0.2) is 54.6 Å². The molecule has 112 valence electrons. The van der Waals surface area contributed by atoms with Gasteiger partial charge in [-0.3, -0.25) is 0 Å². The van der Waals surface area contributed by atoms with Crippen LogP contribution in [0, 0.1) is 0 Å². The van der Waals surface area contributed by atoms with Gasteiger partial charge in [0.1, 0.15) is 24.6 Å². The molecule has 0 amide bonds. The second-order valence-corrected chi connectivity index (χ2v) is 4.68. The fourth-order valence-corrected chi connectivity index (χ4v) is 2.09. The van der Waals surface area contributed by atoms with Crippen molar-refractivity contribution in [1.82, 2.24) is 0 Å². The summed E-state index contributed by atoms with van der Waals surface area (Å²) in [4.78, 5) is 0. The van der Waals surface area contributed by atoms with E-state index in [2.05, 4.69) is 0 Å². The van der Waals surface area contributed by atoms with Gasteiger partial charge in [-0.05, 0) is 11.6 Å². The quantitative estimate of drug-likeness (QED) is 0.768. The Bertz CT molecular complexity index is 541. The van der Waals surface area contributed by atoms with Crippen molar-refractivity contribution in [1.29, 1.82) is 0 Å². The molecule has 0 radical (unpaired) electrons. The van der Waals surface area contributed by atoms with E-state index in [1.807, 2.05) is 24.3 Å². The third kappa shape index (κ3) is 4.04. The van der Waals surface area contributed by atoms with Crippen LogP contribution in [0.5, 0.6) is 5.75 Å². The number of rotatable bonds is 7. The van der Waals surface area contributed by atoms with Crippen LogP contribution in [0.1, 0.15) is 23.3 Å². The summed E-state index contributed by atoms with van der Waals surface area (Å²) in [5.74, 6) is 0.553. The minimum Gasteiger partial charge on any atom is -0.491 e. The lowest BCUT2D eigenvalue weighted by molar-refractivity contribution is 0.0151. The number of benzene rings is 2. The van der Waals surface area contributed by atoms with Crippen LogP contribution in [0.25, 0.3) is 0 Å². The molecule has 2 rings (SSSR count). The minimum absolute atomic E-state index is 0.391. The monoisotopic (exact) mass is 288 g/mol. The average molecular weight is 288 g/mol. The summed E-state index contributed by atoms with van der Waals surface area (Å²) in [6.45, 7) is 0.854. The number of methoxy groups -OCH3 is 1. The fourth-order valence-electron chi connectivity index (χ4n) is 2.09. The van der Waals surface area contributed by atoms with Gasteiger partial charge in [-0.2, -0.15) is 0 Å². The summed E-state index contributed by atoms with van der Waals surface area (Å²) in [5, 5.41) is 20.7. The zero-order chi connectivity index (χ0) is 15.1. The molecule has 2 aromatic carbocycles. The van der Waals surface area contributed by atoms with E-state index in [0.717, 1.165) is 0 Å². The lowest BCUT2D eigenvalue weighted by Crippen LogP contribution is -2.13. The second kappa shape index (κ2) is 7.78. The summed E-state index contributed by atoms with van der Waals surface area (Å²) in [6.07, 6.45) is -2.05. The Labute approximate surface area is 124 Å². The van der Waals surface area contributed by atoms with Crippen molar-refractivity contribution in [3.63, 3.8) is 0 Å². The van der Waals surface area contributed by atoms with Crippen molar-refractivity contribution in [3.05, 3.63) is 65.7 Å². The molecule has 2 atom stereocenters. The maximum Gasteiger partial charge on any atom is 0.125 e. The molecule has 0 bridgehead atoms. The molecule has 0 aliphatic rings. The molecule has 2 N–H and O–H groups in total. The molecule has 21 heavy (non-hydrogen) atoms. The molecule has 4 heteroatoms. The fraction of sp³-hybridized carbons (Fsp3) is 0.294. The first-order chi connectivity index (χ1) is 10.2. The van der Waals surface area contributed by atoms with Gasteiger partial charge in [-0.25, -0.2) is 0 Å². The number of ether oxygens (including phenoxy) is 2. The van der Waals surface area contributed by atoms with Gasteiger partial charge in [-0.15, -0.1) is 0 Å². The lowest BCUT2D eigenvalue weighted by Gasteiger charge is -2.21. The van der Waals surface area contributed by atoms with Crippen molar-refractivity contribution < 1.29 is 19.7 Å². The number of hydrogen-bond donors (Lipinski definition) is 2. The van der Waals surface area contributed by atoms with Crippen LogP contribution in [0.4, 0.5) is 0 Å². The number of hydrogen-bond acceptors (Lipinski definition) is 4. The predicted octanol–water partition coefficient (Wildman–Crippen LogP) is 2.48. The summed E-state index contributed by atoms with van der Waals surface area (Å²) in [5.41, 5.74) is 1.22. The highest BCUT2D eigenvalue weighted by Crippen LogP contribution is 2.33. The normalized spacial score (nSPS) is 13.7. The first-order valence-corrected chi connectivity index (χ1v) is 6.85. The summed E-state index contributed by atoms with van der Waals surface area (Å²) in [7, 11) is 1.60. The van der Waals surface area contributed by atoms with Crippen molar-refractivity contribution in [3.8, 4) is 5.75 Å². The Morgan fingerprint density at radius 3 is 2.24 bits per heavy atom. The maximum atomic E-state index is 10.4. The molecule has 0 aromatic heterocycles. The van der Waals surface area contributed by atoms with Crippen LogP contribution >= 0.6 is 0 Å². The zero-order valence-electron chi connectivity index (χ0n) is 12.0. The standard InChI is InChI=1S/C17H20O4/c1-20-11-12-21-15-10-6-5-9-14(15)17(19)16(18)13-7-3-2-4-8-13/h2-10,16-19H,11-12H2,1H3. The molecule has 0 aliphatic carbocycles. The van der Waals surface area contributed by atoms with Gasteiger partial charge in [0, 0.05) is 12.7 Å². The van der Waals surface area contributed by atoms with Crippen LogP contribution < -0.4 is 4.74 Å². The Kier molecular flexibility index (Phi) is 5.75. The number of para-hydroxylation sites is 1. The Morgan fingerprint density at radius 2 is 1.52 bits per heavy atom. The van der Waals surface area contributed by atoms with E-state index in [0.29, 0.717) is 30.1 Å². The lowest BCUT2D eigenvalue weighted by atomic mass is 9.98. The molecular weight excluding hydrogens is 268 g/mol. The topological polar surface area (TPSA) is 58.9 Å². The van der Waals surface area contributed by atoms with Crippen molar-refractivity contribution >= 4 is 0 Å². The molecule has 0 saturated carbocycles. The van der Waals surface area contributed by atoms with Crippen molar-refractivity contribution in [2.45, 2.75) is 12.2 Å². The number of aliphatic hydroxyl groups excluding tert-OH is 2. The van der Waals surface area contributed by atoms with Crippen LogP contribution in [-0.4, -0.2) is 30.5 Å². The van der Waals surface area contributed by atoms with Gasteiger partial charge in [-0.1, -0.05) is 48.5 Å². The van der Waals surface area contributed by atoms with E-state index in [1.165, 1.54) is 0 Å². The van der Waals surface area contributed by atoms with Crippen molar-refractivity contribution in [2.75, 3.05) is 20.3 Å². The SMILES string of the molecule is COCCOc1ccccc1C(O)C(O)c1ccccc1. The van der Waals surface area contributed by atoms with E-state index in [9.17, 15) is 10.2 Å². The van der Waals surface area contributed by atoms with Gasteiger partial charge in [0.15, 0.2) is 0 Å². The molecule has 0 spiro atoms. The predicted molar refractivity (Wildman–Crippen MR) is 80.2 cm³/mol. The van der Waals surface area contributed by atoms with Gasteiger partial charge in [0.05, 0.1) is 6.61 Å². The molecule has 0 fully saturated rings. The minimum atomic E-state index is -1.05. The van der Waals surface area contributed by atoms with E-state index in [4.69, 9.17) is 9.47 Å². The Hall–Kier alpha value is -1.88. The maximum absolute atomic E-state index is 10.4. The highest BCUT2D eigenvalue weighted by atomic mass is 16.5. The summed E-state index contributed by atoms with van der Waals surface area (Å²) < 4.78 is 10.5. The Balaban J connectivity index is 2.16. The summed E-state index contributed by atoms with van der Waals surface area (Å²) in [6, 6.07) is 16.2. The molecule has 4 nitrogen and oxygen atoms in total. The van der Waals surface area contributed by atoms with Crippen LogP contribution in [0.3, 0.4) is 0 Å². The molecule has 2 aromatic rings. The van der Waals surface area contributed by atoms with Crippen LogP contribution in [-0.2, 0) is 4.74 Å². The van der Waals surface area contributed by atoms with E-state index in [1.54, 1.807) is 37.4 Å². The third-order valence-corrected chi connectivity index (χ3v) is 3.22. The van der Waals surface area contributed by atoms with Gasteiger partial charge >= 0.3 is 0 Å². The van der Waals surface area contributed by atoms with Gasteiger partial charge in [0.25, 0.3) is 0 Å².